The Balaban J connectivity index is 1.82. The smallest absolute Gasteiger partial charge is 0.238 e. The van der Waals surface area contributed by atoms with Crippen LogP contribution in [0.15, 0.2) is 36.4 Å². The highest BCUT2D eigenvalue weighted by Gasteiger charge is 2.30. The number of aryl methyl sites for hydroxylation is 1. The predicted molar refractivity (Wildman–Crippen MR) is 107 cm³/mol. The quantitative estimate of drug-likeness (QED) is 0.765. The van der Waals surface area contributed by atoms with Crippen molar-refractivity contribution in [2.24, 2.45) is 0 Å². The fraction of sp³-hybridized carbons (Fsp3) is 0.364. The number of rotatable bonds is 7. The number of nitrogens with one attached hydrogen (secondary N) is 1. The molecule has 0 spiro atoms. The van der Waals surface area contributed by atoms with Crippen LogP contribution in [0.5, 0.6) is 11.5 Å². The average molecular weight is 397 g/mol. The number of fused-ring (bicyclic) bond motifs is 1. The van der Waals surface area contributed by atoms with E-state index in [2.05, 4.69) is 5.32 Å². The third kappa shape index (κ3) is 4.86. The molecular formula is C22H25N2O5-. The van der Waals surface area contributed by atoms with E-state index in [1.54, 1.807) is 13.2 Å². The van der Waals surface area contributed by atoms with Crippen molar-refractivity contribution < 1.29 is 24.2 Å². The largest absolute Gasteiger partial charge is 0.550 e. The number of methoxy groups -OCH3 is 2. The van der Waals surface area contributed by atoms with Crippen LogP contribution in [0.4, 0.5) is 5.69 Å². The Morgan fingerprint density at radius 1 is 1.14 bits per heavy atom. The second-order valence-electron chi connectivity index (χ2n) is 7.13. The van der Waals surface area contributed by atoms with E-state index in [0.717, 1.165) is 16.7 Å². The summed E-state index contributed by atoms with van der Waals surface area (Å²) in [7, 11) is 3.10. The first-order chi connectivity index (χ1) is 13.9. The molecule has 1 aliphatic heterocycles. The lowest BCUT2D eigenvalue weighted by molar-refractivity contribution is -0.307. The summed E-state index contributed by atoms with van der Waals surface area (Å²) in [6.07, 6.45) is 0.470. The maximum atomic E-state index is 12.6. The molecule has 1 heterocycles. The molecule has 0 aliphatic carbocycles. The highest BCUT2D eigenvalue weighted by atomic mass is 16.5. The van der Waals surface area contributed by atoms with Gasteiger partial charge in [0.05, 0.1) is 20.8 Å². The molecule has 0 radical (unpaired) electrons. The van der Waals surface area contributed by atoms with Gasteiger partial charge in [-0.25, -0.2) is 0 Å². The molecule has 7 nitrogen and oxygen atoms in total. The fourth-order valence-corrected chi connectivity index (χ4v) is 3.69. The van der Waals surface area contributed by atoms with E-state index >= 15 is 0 Å². The fourth-order valence-electron chi connectivity index (χ4n) is 3.69. The van der Waals surface area contributed by atoms with Crippen LogP contribution in [0.1, 0.15) is 29.2 Å². The topological polar surface area (TPSA) is 90.9 Å². The first-order valence-corrected chi connectivity index (χ1v) is 9.46. The first kappa shape index (κ1) is 20.7. The van der Waals surface area contributed by atoms with Gasteiger partial charge in [0.15, 0.2) is 11.5 Å². The zero-order valence-corrected chi connectivity index (χ0v) is 16.9. The third-order valence-corrected chi connectivity index (χ3v) is 5.16. The lowest BCUT2D eigenvalue weighted by Crippen LogP contribution is -2.43. The van der Waals surface area contributed by atoms with Gasteiger partial charge in [-0.15, -0.1) is 0 Å². The summed E-state index contributed by atoms with van der Waals surface area (Å²) in [5, 5.41) is 14.3. The number of benzene rings is 2. The maximum absolute atomic E-state index is 12.6. The number of carboxylic acids is 1. The number of amides is 1. The van der Waals surface area contributed by atoms with Crippen LogP contribution < -0.4 is 19.9 Å². The molecule has 0 fully saturated rings. The Morgan fingerprint density at radius 3 is 2.41 bits per heavy atom. The van der Waals surface area contributed by atoms with Crippen molar-refractivity contribution >= 4 is 17.6 Å². The number of hydrogen-bond donors (Lipinski definition) is 1. The van der Waals surface area contributed by atoms with Crippen molar-refractivity contribution in [3.8, 4) is 11.5 Å². The van der Waals surface area contributed by atoms with Crippen LogP contribution in [0.2, 0.25) is 0 Å². The van der Waals surface area contributed by atoms with Crippen molar-refractivity contribution in [1.82, 2.24) is 4.90 Å². The number of carboxylic acid groups (broad SMARTS) is 1. The molecular weight excluding hydrogens is 372 g/mol. The van der Waals surface area contributed by atoms with Gasteiger partial charge in [0.1, 0.15) is 0 Å². The lowest BCUT2D eigenvalue weighted by atomic mass is 9.90. The number of anilines is 1. The molecule has 2 aromatic carbocycles. The number of ether oxygens (including phenoxy) is 2. The van der Waals surface area contributed by atoms with Crippen molar-refractivity contribution in [1.29, 1.82) is 0 Å². The minimum atomic E-state index is -1.17. The Labute approximate surface area is 170 Å². The molecule has 1 atom stereocenters. The van der Waals surface area contributed by atoms with E-state index in [1.165, 1.54) is 7.11 Å². The Bertz CT molecular complexity index is 895. The molecule has 1 aliphatic rings. The summed E-state index contributed by atoms with van der Waals surface area (Å²) in [5.41, 5.74) is 3.63. The zero-order valence-electron chi connectivity index (χ0n) is 16.9. The molecule has 7 heteroatoms. The first-order valence-electron chi connectivity index (χ1n) is 9.46. The number of aliphatic carboxylic acids is 1. The van der Waals surface area contributed by atoms with Crippen LogP contribution in [0.25, 0.3) is 0 Å². The van der Waals surface area contributed by atoms with E-state index in [0.29, 0.717) is 30.2 Å². The summed E-state index contributed by atoms with van der Waals surface area (Å²) in [4.78, 5) is 25.9. The second kappa shape index (κ2) is 8.96. The normalized spacial score (nSPS) is 16.0. The standard InChI is InChI=1S/C22H26N2O5/c1-14-4-6-16(7-5-14)23-21(25)13-24-9-8-15-10-19(28-2)20(29-3)11-17(15)18(24)12-22(26)27/h4-7,10-11,18H,8-9,12-13H2,1-3H3,(H,23,25)(H,26,27)/p-1. The van der Waals surface area contributed by atoms with Crippen LogP contribution in [-0.2, 0) is 16.0 Å². The van der Waals surface area contributed by atoms with E-state index < -0.39 is 12.0 Å². The van der Waals surface area contributed by atoms with E-state index in [1.807, 2.05) is 42.2 Å². The van der Waals surface area contributed by atoms with Gasteiger partial charge in [-0.1, -0.05) is 17.7 Å². The van der Waals surface area contributed by atoms with Crippen LogP contribution in [0, 0.1) is 6.92 Å². The number of carbonyl (C=O) groups excluding carboxylic acids is 2. The molecule has 1 unspecified atom stereocenters. The summed E-state index contributed by atoms with van der Waals surface area (Å²) < 4.78 is 10.7. The molecule has 1 N–H and O–H groups in total. The average Bonchev–Trinajstić information content (AvgIpc) is 2.70. The van der Waals surface area contributed by atoms with Crippen molar-refractivity contribution in [2.45, 2.75) is 25.8 Å². The number of hydrogen-bond acceptors (Lipinski definition) is 6. The van der Waals surface area contributed by atoms with Gasteiger partial charge >= 0.3 is 0 Å². The van der Waals surface area contributed by atoms with Crippen molar-refractivity contribution in [2.75, 3.05) is 32.6 Å². The summed E-state index contributed by atoms with van der Waals surface area (Å²) in [6.45, 7) is 2.62. The van der Waals surface area contributed by atoms with E-state index in [9.17, 15) is 14.7 Å². The predicted octanol–water partition coefficient (Wildman–Crippen LogP) is 1.69. The van der Waals surface area contributed by atoms with Gasteiger partial charge in [0, 0.05) is 30.7 Å². The van der Waals surface area contributed by atoms with Gasteiger partial charge in [0.2, 0.25) is 5.91 Å². The summed E-state index contributed by atoms with van der Waals surface area (Å²) >= 11 is 0. The van der Waals surface area contributed by atoms with Gasteiger partial charge in [-0.2, -0.15) is 0 Å². The number of carbonyl (C=O) groups is 2. The lowest BCUT2D eigenvalue weighted by Gasteiger charge is -2.37. The van der Waals surface area contributed by atoms with Crippen molar-refractivity contribution in [3.05, 3.63) is 53.1 Å². The molecule has 0 saturated heterocycles. The van der Waals surface area contributed by atoms with Crippen LogP contribution >= 0.6 is 0 Å². The molecule has 29 heavy (non-hydrogen) atoms. The molecule has 0 bridgehead atoms. The Morgan fingerprint density at radius 2 is 1.79 bits per heavy atom. The van der Waals surface area contributed by atoms with E-state index in [4.69, 9.17) is 9.47 Å². The van der Waals surface area contributed by atoms with Crippen molar-refractivity contribution in [3.63, 3.8) is 0 Å². The molecule has 0 saturated carbocycles. The second-order valence-corrected chi connectivity index (χ2v) is 7.13. The molecule has 3 rings (SSSR count). The molecule has 0 aromatic heterocycles. The number of nitrogens with zero attached hydrogens (tertiary/aromatic N) is 1. The Hall–Kier alpha value is -3.06. The van der Waals surface area contributed by atoms with Crippen LogP contribution in [0.3, 0.4) is 0 Å². The summed E-state index contributed by atoms with van der Waals surface area (Å²) in [5.74, 6) is -0.229. The highest BCUT2D eigenvalue weighted by Crippen LogP contribution is 2.39. The Kier molecular flexibility index (Phi) is 6.39. The minimum Gasteiger partial charge on any atom is -0.550 e. The maximum Gasteiger partial charge on any atom is 0.238 e. The van der Waals surface area contributed by atoms with Gasteiger partial charge in [0.25, 0.3) is 0 Å². The third-order valence-electron chi connectivity index (χ3n) is 5.16. The van der Waals surface area contributed by atoms with Gasteiger partial charge < -0.3 is 24.7 Å². The SMILES string of the molecule is COc1cc2c(cc1OC)C(CC(=O)[O-])N(CC(=O)Nc1ccc(C)cc1)CC2. The van der Waals surface area contributed by atoms with E-state index in [-0.39, 0.29) is 18.9 Å². The molecule has 2 aromatic rings. The summed E-state index contributed by atoms with van der Waals surface area (Å²) in [6, 6.07) is 10.7. The van der Waals surface area contributed by atoms with Crippen LogP contribution in [-0.4, -0.2) is 44.1 Å². The monoisotopic (exact) mass is 397 g/mol. The zero-order chi connectivity index (χ0) is 21.0. The molecule has 1 amide bonds. The minimum absolute atomic E-state index is 0.0829. The van der Waals surface area contributed by atoms with Gasteiger partial charge in [-0.3, -0.25) is 9.69 Å². The highest BCUT2D eigenvalue weighted by molar-refractivity contribution is 5.92. The molecule has 154 valence electrons. The van der Waals surface area contributed by atoms with Gasteiger partial charge in [-0.05, 0) is 48.7 Å².